The first kappa shape index (κ1) is 13.2. The van der Waals surface area contributed by atoms with Gasteiger partial charge in [0.1, 0.15) is 5.56 Å². The van der Waals surface area contributed by atoms with Crippen molar-refractivity contribution in [2.24, 2.45) is 0 Å². The Morgan fingerprint density at radius 1 is 1.60 bits per heavy atom. The number of anilines is 1. The van der Waals surface area contributed by atoms with Crippen LogP contribution in [-0.2, 0) is 6.54 Å². The molecule has 1 aliphatic rings. The van der Waals surface area contributed by atoms with Crippen LogP contribution < -0.4 is 5.32 Å². The predicted molar refractivity (Wildman–Crippen MR) is 79.5 cm³/mol. The van der Waals surface area contributed by atoms with E-state index in [-0.39, 0.29) is 5.56 Å². The lowest BCUT2D eigenvalue weighted by atomic mass is 10.1. The van der Waals surface area contributed by atoms with Crippen molar-refractivity contribution in [3.8, 4) is 0 Å². The van der Waals surface area contributed by atoms with Crippen LogP contribution in [0.15, 0.2) is 12.4 Å². The Labute approximate surface area is 120 Å². The number of fused-ring (bicyclic) bond motifs is 1. The van der Waals surface area contributed by atoms with Gasteiger partial charge in [0.15, 0.2) is 5.65 Å². The van der Waals surface area contributed by atoms with Gasteiger partial charge in [0.05, 0.1) is 17.3 Å². The molecule has 0 aromatic carbocycles. The van der Waals surface area contributed by atoms with E-state index in [0.717, 1.165) is 29.0 Å². The number of carboxylic acid groups (broad SMARTS) is 1. The minimum absolute atomic E-state index is 0.213. The number of aromatic nitrogens is 3. The number of carbonyl (C=O) groups is 1. The molecule has 1 saturated heterocycles. The third kappa shape index (κ3) is 2.22. The molecule has 0 amide bonds. The highest BCUT2D eigenvalue weighted by atomic mass is 32.2. The summed E-state index contributed by atoms with van der Waals surface area (Å²) in [4.78, 5) is 15.6. The second-order valence-electron chi connectivity index (χ2n) is 4.75. The fourth-order valence-electron chi connectivity index (χ4n) is 2.43. The van der Waals surface area contributed by atoms with Gasteiger partial charge in [0, 0.05) is 24.5 Å². The van der Waals surface area contributed by atoms with Crippen molar-refractivity contribution < 1.29 is 9.90 Å². The number of carboxylic acids is 1. The molecule has 6 nitrogen and oxygen atoms in total. The Balaban J connectivity index is 2.10. The zero-order valence-corrected chi connectivity index (χ0v) is 12.0. The van der Waals surface area contributed by atoms with Crippen molar-refractivity contribution in [2.75, 3.05) is 16.8 Å². The standard InChI is InChI=1S/C13H16N4O2S/c1-2-17-12-9(6-15-17)11(10(5-14-12)13(18)19)16-8-3-4-20-7-8/h5-6,8H,2-4,7H2,1H3,(H,14,16)(H,18,19). The first-order valence-electron chi connectivity index (χ1n) is 6.62. The summed E-state index contributed by atoms with van der Waals surface area (Å²) < 4.78 is 1.77. The van der Waals surface area contributed by atoms with E-state index < -0.39 is 5.97 Å². The van der Waals surface area contributed by atoms with Gasteiger partial charge >= 0.3 is 5.97 Å². The number of hydrogen-bond donors (Lipinski definition) is 2. The number of aryl methyl sites for hydroxylation is 1. The molecule has 2 aromatic heterocycles. The van der Waals surface area contributed by atoms with Crippen molar-refractivity contribution >= 4 is 34.5 Å². The Bertz CT molecular complexity index is 649. The molecule has 0 aliphatic carbocycles. The van der Waals surface area contributed by atoms with E-state index in [1.54, 1.807) is 10.9 Å². The van der Waals surface area contributed by atoms with Crippen LogP contribution in [0.4, 0.5) is 5.69 Å². The van der Waals surface area contributed by atoms with Crippen LogP contribution in [0.5, 0.6) is 0 Å². The molecule has 3 rings (SSSR count). The van der Waals surface area contributed by atoms with Crippen molar-refractivity contribution in [2.45, 2.75) is 25.9 Å². The largest absolute Gasteiger partial charge is 0.478 e. The third-order valence-electron chi connectivity index (χ3n) is 3.47. The van der Waals surface area contributed by atoms with E-state index in [0.29, 0.717) is 18.3 Å². The highest BCUT2D eigenvalue weighted by molar-refractivity contribution is 7.99. The van der Waals surface area contributed by atoms with E-state index in [4.69, 9.17) is 0 Å². The summed E-state index contributed by atoms with van der Waals surface area (Å²) in [6.45, 7) is 2.70. The monoisotopic (exact) mass is 292 g/mol. The summed E-state index contributed by atoms with van der Waals surface area (Å²) in [6.07, 6.45) is 4.17. The van der Waals surface area contributed by atoms with Crippen molar-refractivity contribution in [3.05, 3.63) is 18.0 Å². The van der Waals surface area contributed by atoms with E-state index >= 15 is 0 Å². The molecule has 0 radical (unpaired) electrons. The number of aromatic carboxylic acids is 1. The second-order valence-corrected chi connectivity index (χ2v) is 5.90. The van der Waals surface area contributed by atoms with Crippen molar-refractivity contribution in [3.63, 3.8) is 0 Å². The van der Waals surface area contributed by atoms with Crippen LogP contribution in [0.3, 0.4) is 0 Å². The number of pyridine rings is 1. The number of hydrogen-bond acceptors (Lipinski definition) is 5. The van der Waals surface area contributed by atoms with Gasteiger partial charge in [-0.1, -0.05) is 0 Å². The van der Waals surface area contributed by atoms with Gasteiger partial charge in [-0.15, -0.1) is 0 Å². The Hall–Kier alpha value is -1.76. The molecule has 0 bridgehead atoms. The van der Waals surface area contributed by atoms with Crippen LogP contribution in [0, 0.1) is 0 Å². The van der Waals surface area contributed by atoms with E-state index in [9.17, 15) is 9.90 Å². The normalized spacial score (nSPS) is 18.6. The summed E-state index contributed by atoms with van der Waals surface area (Å²) in [7, 11) is 0. The number of thioether (sulfide) groups is 1. The number of rotatable bonds is 4. The topological polar surface area (TPSA) is 80.0 Å². The minimum Gasteiger partial charge on any atom is -0.478 e. The first-order valence-corrected chi connectivity index (χ1v) is 7.78. The first-order chi connectivity index (χ1) is 9.70. The fraction of sp³-hybridized carbons (Fsp3) is 0.462. The minimum atomic E-state index is -0.961. The van der Waals surface area contributed by atoms with Gasteiger partial charge in [-0.3, -0.25) is 0 Å². The molecule has 3 heterocycles. The van der Waals surface area contributed by atoms with Gasteiger partial charge in [0.25, 0.3) is 0 Å². The molecule has 0 spiro atoms. The van der Waals surface area contributed by atoms with Crippen LogP contribution >= 0.6 is 11.8 Å². The van der Waals surface area contributed by atoms with Crippen molar-refractivity contribution in [1.82, 2.24) is 14.8 Å². The summed E-state index contributed by atoms with van der Waals surface area (Å²) in [5.41, 5.74) is 1.59. The van der Waals surface area contributed by atoms with Crippen LogP contribution in [-0.4, -0.2) is 43.4 Å². The molecule has 1 unspecified atom stereocenters. The summed E-state index contributed by atoms with van der Waals surface area (Å²) in [6, 6.07) is 0.314. The van der Waals surface area contributed by atoms with Gasteiger partial charge in [0.2, 0.25) is 0 Å². The predicted octanol–water partition coefficient (Wildman–Crippen LogP) is 2.07. The number of nitrogens with one attached hydrogen (secondary N) is 1. The lowest BCUT2D eigenvalue weighted by molar-refractivity contribution is 0.0697. The fourth-order valence-corrected chi connectivity index (χ4v) is 3.58. The molecule has 0 saturated carbocycles. The zero-order valence-electron chi connectivity index (χ0n) is 11.2. The maximum atomic E-state index is 11.4. The second kappa shape index (κ2) is 5.32. The number of nitrogens with zero attached hydrogens (tertiary/aromatic N) is 3. The van der Waals surface area contributed by atoms with E-state index in [2.05, 4.69) is 15.4 Å². The molecule has 1 atom stereocenters. The van der Waals surface area contributed by atoms with Gasteiger partial charge in [-0.05, 0) is 19.1 Å². The lowest BCUT2D eigenvalue weighted by Gasteiger charge is -2.15. The third-order valence-corrected chi connectivity index (χ3v) is 4.64. The highest BCUT2D eigenvalue weighted by Gasteiger charge is 2.22. The van der Waals surface area contributed by atoms with Crippen LogP contribution in [0.25, 0.3) is 11.0 Å². The average Bonchev–Trinajstić information content (AvgIpc) is 3.07. The van der Waals surface area contributed by atoms with Gasteiger partial charge in [-0.25, -0.2) is 14.5 Å². The Morgan fingerprint density at radius 3 is 3.10 bits per heavy atom. The molecular weight excluding hydrogens is 276 g/mol. The summed E-state index contributed by atoms with van der Waals surface area (Å²) in [5.74, 6) is 1.16. The van der Waals surface area contributed by atoms with Gasteiger partial charge in [-0.2, -0.15) is 16.9 Å². The molecule has 106 valence electrons. The highest BCUT2D eigenvalue weighted by Crippen LogP contribution is 2.29. The van der Waals surface area contributed by atoms with E-state index in [1.807, 2.05) is 18.7 Å². The quantitative estimate of drug-likeness (QED) is 0.898. The molecule has 2 N–H and O–H groups in total. The maximum Gasteiger partial charge on any atom is 0.339 e. The summed E-state index contributed by atoms with van der Waals surface area (Å²) >= 11 is 1.88. The molecule has 20 heavy (non-hydrogen) atoms. The molecule has 1 fully saturated rings. The van der Waals surface area contributed by atoms with E-state index in [1.165, 1.54) is 6.20 Å². The SMILES string of the molecule is CCn1ncc2c(NC3CCSC3)c(C(=O)O)cnc21. The smallest absolute Gasteiger partial charge is 0.339 e. The van der Waals surface area contributed by atoms with Crippen molar-refractivity contribution in [1.29, 1.82) is 0 Å². The van der Waals surface area contributed by atoms with Crippen LogP contribution in [0.2, 0.25) is 0 Å². The lowest BCUT2D eigenvalue weighted by Crippen LogP contribution is -2.20. The molecule has 1 aliphatic heterocycles. The summed E-state index contributed by atoms with van der Waals surface area (Å²) in [5, 5.41) is 17.8. The van der Waals surface area contributed by atoms with Crippen LogP contribution in [0.1, 0.15) is 23.7 Å². The molecular formula is C13H16N4O2S. The Kier molecular flexibility index (Phi) is 3.52. The molecule has 7 heteroatoms. The zero-order chi connectivity index (χ0) is 14.1. The maximum absolute atomic E-state index is 11.4. The Morgan fingerprint density at radius 2 is 2.45 bits per heavy atom. The molecule has 2 aromatic rings. The average molecular weight is 292 g/mol. The van der Waals surface area contributed by atoms with Gasteiger partial charge < -0.3 is 10.4 Å².